The predicted molar refractivity (Wildman–Crippen MR) is 272 cm³/mol. The minimum absolute atomic E-state index is 0.0120. The maximum atomic E-state index is 14.0. The fourth-order valence-corrected chi connectivity index (χ4v) is 10.9. The standard InChI is InChI=1S/C52H75N11O6S/c1-34(2)41-22-24-63-46(41)49(55-32-57-63)58-38-16-18-39(19-17-38)60-25-27-61(28-26-60)45(67)21-20-43(65)53-23-10-8-7-9-11-44(66)59-48(52(4,5)6)51(69)62-31-40(64)29-42(62)50(68)54-30-36-12-14-37(15-13-36)47-35(3)56-33-70-47/h12-15,22,24,32-34,38-40,42,48,64H,7-11,16-21,23,25-31H2,1-6H3,(H,53,65)(H,54,68)(H,59,66)(H,55,57,58)/t38?,39?,40-,42+,48-/m1/s1. The molecule has 2 aliphatic heterocycles. The predicted octanol–water partition coefficient (Wildman–Crippen LogP) is 5.81. The fourth-order valence-electron chi connectivity index (χ4n) is 10.1. The van der Waals surface area contributed by atoms with E-state index in [0.29, 0.717) is 44.1 Å². The number of β-amino-alcohol motifs (C(OH)–C–C–N with tert-alkyl or cyclic N) is 1. The number of nitrogens with one attached hydrogen (secondary N) is 4. The van der Waals surface area contributed by atoms with Gasteiger partial charge in [-0.15, -0.1) is 11.3 Å². The molecule has 7 rings (SSSR count). The topological polar surface area (TPSA) is 206 Å². The van der Waals surface area contributed by atoms with Gasteiger partial charge in [0.05, 0.1) is 22.2 Å². The molecule has 3 fully saturated rings. The molecule has 4 aromatic rings. The Balaban J connectivity index is 0.738. The van der Waals surface area contributed by atoms with Gasteiger partial charge in [0.1, 0.15) is 23.9 Å². The zero-order valence-electron chi connectivity index (χ0n) is 42.0. The second-order valence-electron chi connectivity index (χ2n) is 20.9. The smallest absolute Gasteiger partial charge is 0.246 e. The molecule has 5 heterocycles. The maximum Gasteiger partial charge on any atom is 0.246 e. The fraction of sp³-hybridized carbons (Fsp3) is 0.615. The molecule has 70 heavy (non-hydrogen) atoms. The summed E-state index contributed by atoms with van der Waals surface area (Å²) in [5.74, 6) is 0.196. The summed E-state index contributed by atoms with van der Waals surface area (Å²) in [5.41, 5.74) is 6.41. The number of carbonyl (C=O) groups excluding carboxylic acids is 5. The Bertz CT molecular complexity index is 2400. The van der Waals surface area contributed by atoms with E-state index in [4.69, 9.17) is 0 Å². The highest BCUT2D eigenvalue weighted by Gasteiger charge is 2.44. The first-order valence-corrected chi connectivity index (χ1v) is 26.4. The van der Waals surface area contributed by atoms with Crippen LogP contribution in [0.5, 0.6) is 0 Å². The van der Waals surface area contributed by atoms with Gasteiger partial charge in [0.2, 0.25) is 29.5 Å². The Labute approximate surface area is 416 Å². The van der Waals surface area contributed by atoms with Crippen molar-refractivity contribution in [2.45, 2.75) is 161 Å². The number of amides is 5. The summed E-state index contributed by atoms with van der Waals surface area (Å²) in [6.07, 6.45) is 10.8. The number of aliphatic hydroxyl groups excluding tert-OH is 1. The third kappa shape index (κ3) is 13.7. The number of rotatable bonds is 20. The molecule has 0 radical (unpaired) electrons. The summed E-state index contributed by atoms with van der Waals surface area (Å²) in [6, 6.07) is 9.16. The Morgan fingerprint density at radius 3 is 2.27 bits per heavy atom. The quantitative estimate of drug-likeness (QED) is 0.0669. The molecular formula is C52H75N11O6S. The molecule has 18 heteroatoms. The highest BCUT2D eigenvalue weighted by Crippen LogP contribution is 2.32. The van der Waals surface area contributed by atoms with E-state index >= 15 is 0 Å². The number of aliphatic hydroxyl groups is 1. The Morgan fingerprint density at radius 2 is 1.59 bits per heavy atom. The summed E-state index contributed by atoms with van der Waals surface area (Å²) < 4.78 is 1.91. The lowest BCUT2D eigenvalue weighted by Crippen LogP contribution is -2.57. The highest BCUT2D eigenvalue weighted by atomic mass is 32.1. The van der Waals surface area contributed by atoms with Gasteiger partial charge in [0, 0.05) is 89.8 Å². The van der Waals surface area contributed by atoms with E-state index in [1.54, 1.807) is 17.7 Å². The van der Waals surface area contributed by atoms with Crippen molar-refractivity contribution >= 4 is 52.2 Å². The summed E-state index contributed by atoms with van der Waals surface area (Å²) in [6.45, 7) is 15.8. The van der Waals surface area contributed by atoms with Crippen LogP contribution in [-0.4, -0.2) is 138 Å². The number of carbonyl (C=O) groups is 5. The molecule has 17 nitrogen and oxygen atoms in total. The van der Waals surface area contributed by atoms with Crippen LogP contribution in [0.15, 0.2) is 48.4 Å². The number of hydrogen-bond acceptors (Lipinski definition) is 12. The second kappa shape index (κ2) is 24.1. The molecule has 1 saturated carbocycles. The van der Waals surface area contributed by atoms with Crippen LogP contribution in [0.3, 0.4) is 0 Å². The van der Waals surface area contributed by atoms with E-state index in [-0.39, 0.29) is 68.3 Å². The Morgan fingerprint density at radius 1 is 0.857 bits per heavy atom. The van der Waals surface area contributed by atoms with E-state index in [2.05, 4.69) is 61.1 Å². The van der Waals surface area contributed by atoms with Gasteiger partial charge in [-0.3, -0.25) is 28.9 Å². The van der Waals surface area contributed by atoms with Gasteiger partial charge in [-0.1, -0.05) is 71.7 Å². The maximum absolute atomic E-state index is 14.0. The monoisotopic (exact) mass is 982 g/mol. The first-order valence-electron chi connectivity index (χ1n) is 25.5. The molecule has 3 aromatic heterocycles. The van der Waals surface area contributed by atoms with E-state index < -0.39 is 23.6 Å². The van der Waals surface area contributed by atoms with Gasteiger partial charge in [-0.05, 0) is 79.5 Å². The number of piperazine rings is 1. The molecule has 5 N–H and O–H groups in total. The van der Waals surface area contributed by atoms with Crippen molar-refractivity contribution in [1.82, 2.24) is 50.2 Å². The van der Waals surface area contributed by atoms with Crippen LogP contribution in [0.25, 0.3) is 16.0 Å². The number of aryl methyl sites for hydroxylation is 1. The van der Waals surface area contributed by atoms with Crippen molar-refractivity contribution in [3.05, 3.63) is 65.2 Å². The van der Waals surface area contributed by atoms with Crippen molar-refractivity contribution in [2.75, 3.05) is 44.6 Å². The molecule has 1 aliphatic carbocycles. The lowest BCUT2D eigenvalue weighted by molar-refractivity contribution is -0.144. The van der Waals surface area contributed by atoms with Crippen LogP contribution >= 0.6 is 11.3 Å². The number of benzene rings is 1. The zero-order valence-corrected chi connectivity index (χ0v) is 42.9. The van der Waals surface area contributed by atoms with E-state index in [1.165, 1.54) is 10.5 Å². The highest BCUT2D eigenvalue weighted by molar-refractivity contribution is 7.13. The summed E-state index contributed by atoms with van der Waals surface area (Å²) in [5, 5.41) is 27.5. The van der Waals surface area contributed by atoms with E-state index in [0.717, 1.165) is 91.1 Å². The SMILES string of the molecule is Cc1ncsc1-c1ccc(CNC(=O)[C@@H]2C[C@@H](O)CN2C(=O)[C@@H](NC(=O)CCCCCCNC(=O)CCC(=O)N2CCN(C3CCC(Nc4ncnn5ccc(C(C)C)c45)CC3)CC2)C(C)(C)C)cc1. The van der Waals surface area contributed by atoms with Gasteiger partial charge in [-0.25, -0.2) is 14.5 Å². The van der Waals surface area contributed by atoms with Crippen LogP contribution in [0, 0.1) is 12.3 Å². The number of thiazole rings is 1. The van der Waals surface area contributed by atoms with Crippen molar-refractivity contribution < 1.29 is 29.1 Å². The van der Waals surface area contributed by atoms with E-state index in [9.17, 15) is 29.1 Å². The molecule has 380 valence electrons. The average molecular weight is 982 g/mol. The third-order valence-corrected chi connectivity index (χ3v) is 15.2. The minimum Gasteiger partial charge on any atom is -0.391 e. The van der Waals surface area contributed by atoms with Crippen LogP contribution in [0.2, 0.25) is 0 Å². The lowest BCUT2D eigenvalue weighted by Gasteiger charge is -2.42. The van der Waals surface area contributed by atoms with Crippen LogP contribution in [-0.2, 0) is 30.5 Å². The van der Waals surface area contributed by atoms with Crippen LogP contribution in [0.1, 0.15) is 134 Å². The van der Waals surface area contributed by atoms with Crippen molar-refractivity contribution in [3.63, 3.8) is 0 Å². The minimum atomic E-state index is -0.887. The molecule has 0 spiro atoms. The zero-order chi connectivity index (χ0) is 50.0. The van der Waals surface area contributed by atoms with Gasteiger partial charge in [-0.2, -0.15) is 5.10 Å². The first kappa shape index (κ1) is 52.4. The summed E-state index contributed by atoms with van der Waals surface area (Å²) >= 11 is 1.58. The number of likely N-dealkylation sites (tertiary alicyclic amines) is 1. The Hall–Kier alpha value is -5.46. The first-order chi connectivity index (χ1) is 33.5. The van der Waals surface area contributed by atoms with Crippen molar-refractivity contribution in [2.24, 2.45) is 5.41 Å². The van der Waals surface area contributed by atoms with Gasteiger partial charge in [0.15, 0.2) is 5.82 Å². The lowest BCUT2D eigenvalue weighted by atomic mass is 9.85. The van der Waals surface area contributed by atoms with Crippen molar-refractivity contribution in [1.29, 1.82) is 0 Å². The number of fused-ring (bicyclic) bond motifs is 1. The van der Waals surface area contributed by atoms with Gasteiger partial charge >= 0.3 is 0 Å². The molecule has 1 aromatic carbocycles. The molecular weight excluding hydrogens is 907 g/mol. The molecule has 5 amide bonds. The number of aromatic nitrogens is 4. The largest absolute Gasteiger partial charge is 0.391 e. The number of nitrogens with zero attached hydrogens (tertiary/aromatic N) is 7. The van der Waals surface area contributed by atoms with Gasteiger partial charge < -0.3 is 36.2 Å². The van der Waals surface area contributed by atoms with Gasteiger partial charge in [0.25, 0.3) is 0 Å². The second-order valence-corrected chi connectivity index (χ2v) is 21.7. The molecule has 3 atom stereocenters. The molecule has 0 unspecified atom stereocenters. The third-order valence-electron chi connectivity index (χ3n) is 14.3. The normalized spacial score (nSPS) is 20.4. The number of unbranched alkanes of at least 4 members (excludes halogenated alkanes) is 3. The molecule has 3 aliphatic rings. The molecule has 2 saturated heterocycles. The van der Waals surface area contributed by atoms with Crippen LogP contribution in [0.4, 0.5) is 5.82 Å². The number of anilines is 1. The van der Waals surface area contributed by atoms with Crippen LogP contribution < -0.4 is 21.3 Å². The Kier molecular flexibility index (Phi) is 18.0. The summed E-state index contributed by atoms with van der Waals surface area (Å²) in [7, 11) is 0. The van der Waals surface area contributed by atoms with Crippen molar-refractivity contribution in [3.8, 4) is 10.4 Å². The summed E-state index contributed by atoms with van der Waals surface area (Å²) in [4.78, 5) is 82.2. The average Bonchev–Trinajstić information content (AvgIpc) is 4.10. The van der Waals surface area contributed by atoms with E-state index in [1.807, 2.05) is 73.1 Å². The molecule has 0 bridgehead atoms. The number of hydrogen-bond donors (Lipinski definition) is 5.